The molecule has 1 saturated heterocycles. The molecule has 0 saturated carbocycles. The number of hydrogen-bond acceptors (Lipinski definition) is 3. The van der Waals surface area contributed by atoms with E-state index in [0.29, 0.717) is 23.5 Å². The number of aliphatic imine (C=N–C) groups is 1. The fourth-order valence-electron chi connectivity index (χ4n) is 2.65. The Bertz CT molecular complexity index is 526. The summed E-state index contributed by atoms with van der Waals surface area (Å²) in [4.78, 5) is 24.4. The fraction of sp³-hybridized carbons (Fsp3) is 0.615. The van der Waals surface area contributed by atoms with Crippen molar-refractivity contribution in [1.29, 1.82) is 0 Å². The number of nitrogens with two attached hydrogens (primary N) is 1. The number of nitrogens with zero attached hydrogens (tertiary/aromatic N) is 3. The lowest BCUT2D eigenvalue weighted by atomic mass is 9.92. The number of aromatic nitrogens is 2. The first kappa shape index (κ1) is 13.6. The van der Waals surface area contributed by atoms with Crippen LogP contribution in [0.3, 0.4) is 0 Å². The largest absolute Gasteiger partial charge is 0.369 e. The Hall–Kier alpha value is -1.85. The zero-order valence-corrected chi connectivity index (χ0v) is 11.7. The third kappa shape index (κ3) is 3.56. The Morgan fingerprint density at radius 1 is 1.47 bits per heavy atom. The molecule has 1 aromatic heterocycles. The van der Waals surface area contributed by atoms with Crippen LogP contribution in [0.2, 0.25) is 0 Å². The van der Waals surface area contributed by atoms with Crippen LogP contribution in [0.4, 0.5) is 5.95 Å². The summed E-state index contributed by atoms with van der Waals surface area (Å²) in [5.74, 6) is 1.89. The first-order chi connectivity index (χ1) is 8.94. The summed E-state index contributed by atoms with van der Waals surface area (Å²) in [7, 11) is 0. The molecule has 0 amide bonds. The van der Waals surface area contributed by atoms with E-state index in [9.17, 15) is 4.79 Å². The second-order valence-electron chi connectivity index (χ2n) is 5.53. The van der Waals surface area contributed by atoms with Crippen LogP contribution in [-0.2, 0) is 0 Å². The first-order valence-electron chi connectivity index (χ1n) is 6.61. The van der Waals surface area contributed by atoms with Crippen molar-refractivity contribution in [2.75, 3.05) is 13.1 Å². The number of aryl methyl sites for hydroxylation is 1. The molecule has 104 valence electrons. The lowest BCUT2D eigenvalue weighted by Gasteiger charge is -2.35. The molecule has 1 aliphatic heterocycles. The Morgan fingerprint density at radius 2 is 2.11 bits per heavy atom. The highest BCUT2D eigenvalue weighted by Crippen LogP contribution is 2.20. The van der Waals surface area contributed by atoms with Crippen LogP contribution in [0.25, 0.3) is 0 Å². The maximum atomic E-state index is 11.4. The highest BCUT2D eigenvalue weighted by molar-refractivity contribution is 5.80. The molecule has 1 aliphatic rings. The minimum absolute atomic E-state index is 0.209. The zero-order valence-electron chi connectivity index (χ0n) is 11.7. The van der Waals surface area contributed by atoms with E-state index in [0.717, 1.165) is 13.1 Å². The van der Waals surface area contributed by atoms with E-state index < -0.39 is 0 Å². The summed E-state index contributed by atoms with van der Waals surface area (Å²) in [5, 5.41) is 0. The van der Waals surface area contributed by atoms with E-state index in [-0.39, 0.29) is 11.5 Å². The number of rotatable bonds is 1. The monoisotopic (exact) mass is 263 g/mol. The van der Waals surface area contributed by atoms with E-state index >= 15 is 0 Å². The topological polar surface area (TPSA) is 87.4 Å². The molecule has 2 atom stereocenters. The molecule has 0 unspecified atom stereocenters. The number of guanidine groups is 1. The van der Waals surface area contributed by atoms with Crippen LogP contribution in [0, 0.1) is 18.8 Å². The number of piperidine rings is 1. The number of nitrogens with one attached hydrogen (secondary N) is 1. The van der Waals surface area contributed by atoms with Crippen LogP contribution in [-0.4, -0.2) is 33.9 Å². The number of H-pyrrole nitrogens is 1. The molecule has 3 N–H and O–H groups in total. The average molecular weight is 263 g/mol. The summed E-state index contributed by atoms with van der Waals surface area (Å²) in [6.07, 6.45) is 1.21. The maximum Gasteiger partial charge on any atom is 0.252 e. The van der Waals surface area contributed by atoms with Crippen LogP contribution >= 0.6 is 0 Å². The van der Waals surface area contributed by atoms with Crippen molar-refractivity contribution in [1.82, 2.24) is 14.9 Å². The van der Waals surface area contributed by atoms with Gasteiger partial charge in [0.2, 0.25) is 5.95 Å². The zero-order chi connectivity index (χ0) is 14.0. The predicted octanol–water partition coefficient (Wildman–Crippen LogP) is 1.00. The molecule has 1 aromatic rings. The van der Waals surface area contributed by atoms with Crippen molar-refractivity contribution in [2.24, 2.45) is 22.6 Å². The van der Waals surface area contributed by atoms with Crippen molar-refractivity contribution >= 4 is 11.9 Å². The van der Waals surface area contributed by atoms with Gasteiger partial charge in [-0.15, -0.1) is 0 Å². The van der Waals surface area contributed by atoms with E-state index in [1.807, 2.05) is 0 Å². The van der Waals surface area contributed by atoms with Crippen molar-refractivity contribution in [3.8, 4) is 0 Å². The molecule has 1 fully saturated rings. The van der Waals surface area contributed by atoms with Gasteiger partial charge in [0.15, 0.2) is 5.96 Å². The summed E-state index contributed by atoms with van der Waals surface area (Å²) in [6.45, 7) is 7.98. The van der Waals surface area contributed by atoms with Crippen LogP contribution < -0.4 is 11.3 Å². The van der Waals surface area contributed by atoms with Crippen molar-refractivity contribution < 1.29 is 0 Å². The summed E-state index contributed by atoms with van der Waals surface area (Å²) >= 11 is 0. The van der Waals surface area contributed by atoms with Gasteiger partial charge in [-0.3, -0.25) is 9.78 Å². The predicted molar refractivity (Wildman–Crippen MR) is 75.4 cm³/mol. The van der Waals surface area contributed by atoms with Gasteiger partial charge in [0.25, 0.3) is 5.56 Å². The second-order valence-corrected chi connectivity index (χ2v) is 5.53. The summed E-state index contributed by atoms with van der Waals surface area (Å²) < 4.78 is 0. The van der Waals surface area contributed by atoms with E-state index in [1.54, 1.807) is 6.92 Å². The van der Waals surface area contributed by atoms with E-state index in [4.69, 9.17) is 5.73 Å². The molecule has 0 aliphatic carbocycles. The van der Waals surface area contributed by atoms with Crippen LogP contribution in [0.15, 0.2) is 15.9 Å². The molecule has 0 spiro atoms. The standard InChI is InChI=1S/C13H21N5O/c1-8-4-9(2)7-18(6-8)12(14)17-13-15-10(3)5-11(19)16-13/h5,8-9H,4,6-7H2,1-3H3,(H3,14,15,16,17,19)/t8-,9+. The minimum atomic E-state index is -0.209. The Balaban J connectivity index is 2.20. The minimum Gasteiger partial charge on any atom is -0.369 e. The van der Waals surface area contributed by atoms with Crippen molar-refractivity contribution in [3.05, 3.63) is 22.1 Å². The Labute approximate surface area is 112 Å². The second kappa shape index (κ2) is 5.42. The Morgan fingerprint density at radius 3 is 2.68 bits per heavy atom. The smallest absolute Gasteiger partial charge is 0.252 e. The van der Waals surface area contributed by atoms with E-state index in [2.05, 4.69) is 33.7 Å². The Kier molecular flexibility index (Phi) is 3.87. The van der Waals surface area contributed by atoms with Gasteiger partial charge in [-0.1, -0.05) is 13.8 Å². The van der Waals surface area contributed by atoms with Gasteiger partial charge in [0, 0.05) is 24.8 Å². The quantitative estimate of drug-likeness (QED) is 0.584. The van der Waals surface area contributed by atoms with Crippen molar-refractivity contribution in [3.63, 3.8) is 0 Å². The van der Waals surface area contributed by atoms with Gasteiger partial charge < -0.3 is 10.6 Å². The molecule has 0 aromatic carbocycles. The SMILES string of the molecule is Cc1cc(=O)[nH]c(N=C(N)N2C[C@H](C)C[C@H](C)C2)n1. The summed E-state index contributed by atoms with van der Waals surface area (Å²) in [6, 6.07) is 1.43. The molecular weight excluding hydrogens is 242 g/mol. The van der Waals surface area contributed by atoms with Crippen LogP contribution in [0.1, 0.15) is 26.0 Å². The highest BCUT2D eigenvalue weighted by Gasteiger charge is 2.23. The third-order valence-corrected chi connectivity index (χ3v) is 3.27. The lowest BCUT2D eigenvalue weighted by Crippen LogP contribution is -2.46. The van der Waals surface area contributed by atoms with Gasteiger partial charge in [-0.2, -0.15) is 4.99 Å². The molecule has 2 rings (SSSR count). The normalized spacial score (nSPS) is 24.6. The molecule has 19 heavy (non-hydrogen) atoms. The van der Waals surface area contributed by atoms with Gasteiger partial charge >= 0.3 is 0 Å². The molecular formula is C13H21N5O. The number of likely N-dealkylation sites (tertiary alicyclic amines) is 1. The molecule has 0 bridgehead atoms. The molecule has 2 heterocycles. The number of aromatic amines is 1. The van der Waals surface area contributed by atoms with Crippen LogP contribution in [0.5, 0.6) is 0 Å². The van der Waals surface area contributed by atoms with Gasteiger partial charge in [0.1, 0.15) is 0 Å². The average Bonchev–Trinajstić information content (AvgIpc) is 2.25. The summed E-state index contributed by atoms with van der Waals surface area (Å²) in [5.41, 5.74) is 6.44. The highest BCUT2D eigenvalue weighted by atomic mass is 16.1. The molecule has 6 heteroatoms. The maximum absolute atomic E-state index is 11.4. The van der Waals surface area contributed by atoms with Gasteiger partial charge in [0.05, 0.1) is 0 Å². The number of hydrogen-bond donors (Lipinski definition) is 2. The van der Waals surface area contributed by atoms with Gasteiger partial charge in [-0.25, -0.2) is 4.98 Å². The van der Waals surface area contributed by atoms with E-state index in [1.165, 1.54) is 12.5 Å². The lowest BCUT2D eigenvalue weighted by molar-refractivity contribution is 0.212. The fourth-order valence-corrected chi connectivity index (χ4v) is 2.65. The van der Waals surface area contributed by atoms with Gasteiger partial charge in [-0.05, 0) is 25.2 Å². The molecule has 6 nitrogen and oxygen atoms in total. The first-order valence-corrected chi connectivity index (χ1v) is 6.61. The van der Waals surface area contributed by atoms with Crippen molar-refractivity contribution in [2.45, 2.75) is 27.2 Å². The molecule has 0 radical (unpaired) electrons. The third-order valence-electron chi connectivity index (χ3n) is 3.27.